The Kier molecular flexibility index (Phi) is 8.68. The van der Waals surface area contributed by atoms with Gasteiger partial charge in [0.15, 0.2) is 0 Å². The molecule has 184 valence electrons. The second-order valence-electron chi connectivity index (χ2n) is 8.79. The van der Waals surface area contributed by atoms with Crippen LogP contribution >= 0.6 is 0 Å². The third-order valence-electron chi connectivity index (χ3n) is 6.05. The van der Waals surface area contributed by atoms with E-state index in [1.54, 1.807) is 37.4 Å². The summed E-state index contributed by atoms with van der Waals surface area (Å²) in [4.78, 5) is 26.0. The van der Waals surface area contributed by atoms with Crippen LogP contribution in [0.2, 0.25) is 0 Å². The van der Waals surface area contributed by atoms with Gasteiger partial charge in [0, 0.05) is 25.6 Å². The summed E-state index contributed by atoms with van der Waals surface area (Å²) in [7, 11) is -1.98. The maximum Gasteiger partial charge on any atom is 0.243 e. The Labute approximate surface area is 201 Å². The molecule has 2 aromatic carbocycles. The Bertz CT molecular complexity index is 1080. The molecule has 1 aliphatic heterocycles. The average molecular weight is 488 g/mol. The maximum absolute atomic E-state index is 12.9. The summed E-state index contributed by atoms with van der Waals surface area (Å²) < 4.78 is 32.3. The van der Waals surface area contributed by atoms with Crippen molar-refractivity contribution >= 4 is 21.8 Å². The summed E-state index contributed by atoms with van der Waals surface area (Å²) in [5, 5.41) is 5.77. The van der Waals surface area contributed by atoms with Gasteiger partial charge in [-0.2, -0.15) is 4.31 Å². The lowest BCUT2D eigenvalue weighted by atomic mass is 9.95. The Morgan fingerprint density at radius 1 is 1.06 bits per heavy atom. The minimum absolute atomic E-state index is 0.104. The van der Waals surface area contributed by atoms with Crippen molar-refractivity contribution in [2.45, 2.75) is 44.2 Å². The maximum atomic E-state index is 12.9. The molecule has 2 amide bonds. The van der Waals surface area contributed by atoms with E-state index < -0.39 is 16.1 Å². The quantitative estimate of drug-likeness (QED) is 0.566. The van der Waals surface area contributed by atoms with Gasteiger partial charge in [-0.25, -0.2) is 8.42 Å². The molecule has 0 aromatic heterocycles. The molecule has 0 aliphatic carbocycles. The van der Waals surface area contributed by atoms with E-state index in [1.807, 2.05) is 38.1 Å². The zero-order valence-corrected chi connectivity index (χ0v) is 20.7. The number of sulfonamides is 1. The van der Waals surface area contributed by atoms with Crippen LogP contribution in [-0.2, 0) is 26.2 Å². The van der Waals surface area contributed by atoms with Crippen LogP contribution in [0.1, 0.15) is 32.3 Å². The molecule has 8 nitrogen and oxygen atoms in total. The zero-order valence-electron chi connectivity index (χ0n) is 19.9. The average Bonchev–Trinajstić information content (AvgIpc) is 2.86. The smallest absolute Gasteiger partial charge is 0.243 e. The summed E-state index contributed by atoms with van der Waals surface area (Å²) in [6.45, 7) is 4.62. The Morgan fingerprint density at radius 2 is 1.74 bits per heavy atom. The number of hydrogen-bond donors (Lipinski definition) is 2. The summed E-state index contributed by atoms with van der Waals surface area (Å²) in [5.41, 5.74) is 0.897. The van der Waals surface area contributed by atoms with Gasteiger partial charge in [-0.05, 0) is 48.6 Å². The van der Waals surface area contributed by atoms with Crippen molar-refractivity contribution in [3.8, 4) is 5.75 Å². The van der Waals surface area contributed by atoms with E-state index in [-0.39, 0.29) is 41.6 Å². The van der Waals surface area contributed by atoms with E-state index >= 15 is 0 Å². The summed E-state index contributed by atoms with van der Waals surface area (Å²) in [6, 6.07) is 15.1. The van der Waals surface area contributed by atoms with E-state index in [4.69, 9.17) is 4.74 Å². The topological polar surface area (TPSA) is 105 Å². The van der Waals surface area contributed by atoms with Crippen molar-refractivity contribution in [2.75, 3.05) is 20.2 Å². The van der Waals surface area contributed by atoms with E-state index in [2.05, 4.69) is 10.6 Å². The second kappa shape index (κ2) is 11.5. The molecule has 34 heavy (non-hydrogen) atoms. The normalized spacial score (nSPS) is 16.1. The number of nitrogens with one attached hydrogen (secondary N) is 2. The van der Waals surface area contributed by atoms with Gasteiger partial charge in [0.25, 0.3) is 0 Å². The number of ether oxygens (including phenoxy) is 1. The van der Waals surface area contributed by atoms with Crippen molar-refractivity contribution in [1.29, 1.82) is 0 Å². The van der Waals surface area contributed by atoms with Crippen LogP contribution in [0.15, 0.2) is 59.5 Å². The van der Waals surface area contributed by atoms with E-state index in [9.17, 15) is 18.0 Å². The molecule has 2 N–H and O–H groups in total. The van der Waals surface area contributed by atoms with Gasteiger partial charge in [-0.15, -0.1) is 0 Å². The molecule has 1 atom stereocenters. The molecule has 0 spiro atoms. The van der Waals surface area contributed by atoms with Crippen molar-refractivity contribution < 1.29 is 22.7 Å². The van der Waals surface area contributed by atoms with Gasteiger partial charge in [0.2, 0.25) is 21.8 Å². The standard InChI is InChI=1S/C25H33N3O5S/c1-18(2)23(25(30)26-17-19-8-7-9-21(16-19)33-3)27-24(29)20-12-14-28(15-13-20)34(31,32)22-10-5-4-6-11-22/h4-11,16,18,20,23H,12-15,17H2,1-3H3,(H,26,30)(H,27,29)/t23-/m1/s1. The van der Waals surface area contributed by atoms with E-state index in [0.717, 1.165) is 5.56 Å². The second-order valence-corrected chi connectivity index (χ2v) is 10.7. The van der Waals surface area contributed by atoms with Gasteiger partial charge >= 0.3 is 0 Å². The molecular weight excluding hydrogens is 454 g/mol. The monoisotopic (exact) mass is 487 g/mol. The molecule has 1 saturated heterocycles. The molecule has 9 heteroatoms. The van der Waals surface area contributed by atoms with Crippen LogP contribution in [0.25, 0.3) is 0 Å². The van der Waals surface area contributed by atoms with Gasteiger partial charge in [0.05, 0.1) is 12.0 Å². The molecule has 3 rings (SSSR count). The van der Waals surface area contributed by atoms with E-state index in [1.165, 1.54) is 4.31 Å². The Balaban J connectivity index is 1.55. The zero-order chi connectivity index (χ0) is 24.7. The minimum Gasteiger partial charge on any atom is -0.497 e. The number of nitrogens with zero attached hydrogens (tertiary/aromatic N) is 1. The molecule has 2 aromatic rings. The van der Waals surface area contributed by atoms with Crippen molar-refractivity contribution in [3.63, 3.8) is 0 Å². The van der Waals surface area contributed by atoms with Crippen LogP contribution in [0.4, 0.5) is 0 Å². The molecule has 1 fully saturated rings. The highest BCUT2D eigenvalue weighted by atomic mass is 32.2. The molecule has 0 saturated carbocycles. The lowest BCUT2D eigenvalue weighted by Crippen LogP contribution is -2.52. The molecule has 1 aliphatic rings. The summed E-state index contributed by atoms with van der Waals surface area (Å²) >= 11 is 0. The fourth-order valence-electron chi connectivity index (χ4n) is 3.99. The SMILES string of the molecule is COc1cccc(CNC(=O)[C@H](NC(=O)C2CCN(S(=O)(=O)c3ccccc3)CC2)C(C)C)c1. The lowest BCUT2D eigenvalue weighted by Gasteiger charge is -2.32. The fourth-order valence-corrected chi connectivity index (χ4v) is 5.48. The first kappa shape index (κ1) is 25.7. The highest BCUT2D eigenvalue weighted by Crippen LogP contribution is 2.24. The number of piperidine rings is 1. The van der Waals surface area contributed by atoms with Crippen LogP contribution < -0.4 is 15.4 Å². The van der Waals surface area contributed by atoms with Crippen molar-refractivity contribution in [1.82, 2.24) is 14.9 Å². The van der Waals surface area contributed by atoms with Crippen molar-refractivity contribution in [2.24, 2.45) is 11.8 Å². The molecule has 1 heterocycles. The number of amides is 2. The predicted octanol–water partition coefficient (Wildman–Crippen LogP) is 2.55. The number of hydrogen-bond acceptors (Lipinski definition) is 5. The van der Waals surface area contributed by atoms with Gasteiger partial charge in [-0.3, -0.25) is 9.59 Å². The van der Waals surface area contributed by atoms with Gasteiger partial charge in [-0.1, -0.05) is 44.2 Å². The first-order valence-electron chi connectivity index (χ1n) is 11.5. The summed E-state index contributed by atoms with van der Waals surface area (Å²) in [6.07, 6.45) is 0.822. The molecule has 0 unspecified atom stereocenters. The molecule has 0 bridgehead atoms. The number of benzene rings is 2. The third kappa shape index (κ3) is 6.36. The van der Waals surface area contributed by atoms with Crippen LogP contribution in [0, 0.1) is 11.8 Å². The minimum atomic E-state index is -3.57. The first-order chi connectivity index (χ1) is 16.2. The predicted molar refractivity (Wildman–Crippen MR) is 130 cm³/mol. The molecule has 0 radical (unpaired) electrons. The van der Waals surface area contributed by atoms with Gasteiger partial charge in [0.1, 0.15) is 11.8 Å². The Hall–Kier alpha value is -2.91. The van der Waals surface area contributed by atoms with Crippen LogP contribution in [0.3, 0.4) is 0 Å². The van der Waals surface area contributed by atoms with Crippen LogP contribution in [0.5, 0.6) is 5.75 Å². The lowest BCUT2D eigenvalue weighted by molar-refractivity contribution is -0.132. The highest BCUT2D eigenvalue weighted by molar-refractivity contribution is 7.89. The number of carbonyl (C=O) groups excluding carboxylic acids is 2. The number of carbonyl (C=O) groups is 2. The third-order valence-corrected chi connectivity index (χ3v) is 7.97. The largest absolute Gasteiger partial charge is 0.497 e. The fraction of sp³-hybridized carbons (Fsp3) is 0.440. The first-order valence-corrected chi connectivity index (χ1v) is 12.9. The van der Waals surface area contributed by atoms with Gasteiger partial charge < -0.3 is 15.4 Å². The van der Waals surface area contributed by atoms with Crippen LogP contribution in [-0.4, -0.2) is 50.8 Å². The number of rotatable bonds is 9. The van der Waals surface area contributed by atoms with Crippen molar-refractivity contribution in [3.05, 3.63) is 60.2 Å². The molecular formula is C25H33N3O5S. The Morgan fingerprint density at radius 3 is 2.35 bits per heavy atom. The highest BCUT2D eigenvalue weighted by Gasteiger charge is 2.34. The summed E-state index contributed by atoms with van der Waals surface area (Å²) in [5.74, 6) is -0.203. The number of methoxy groups -OCH3 is 1. The van der Waals surface area contributed by atoms with E-state index in [0.29, 0.717) is 25.1 Å².